The van der Waals surface area contributed by atoms with Crippen molar-refractivity contribution in [1.29, 1.82) is 0 Å². The molecule has 1 fully saturated rings. The Morgan fingerprint density at radius 1 is 1.24 bits per heavy atom. The maximum absolute atomic E-state index is 13.5. The van der Waals surface area contributed by atoms with Crippen LogP contribution in [0, 0.1) is 12.8 Å². The van der Waals surface area contributed by atoms with Crippen LogP contribution < -0.4 is 9.62 Å². The Balaban J connectivity index is 1.59. The maximum Gasteiger partial charge on any atom is 0.277 e. The van der Waals surface area contributed by atoms with Gasteiger partial charge in [0.05, 0.1) is 40.4 Å². The summed E-state index contributed by atoms with van der Waals surface area (Å²) in [6, 6.07) is 6.86. The minimum Gasteiger partial charge on any atom is -0.352 e. The second-order valence-corrected chi connectivity index (χ2v) is 11.8. The second kappa shape index (κ2) is 9.57. The summed E-state index contributed by atoms with van der Waals surface area (Å²) < 4.78 is 55.1. The fourth-order valence-electron chi connectivity index (χ4n) is 4.42. The third-order valence-corrected chi connectivity index (χ3v) is 8.14. The van der Waals surface area contributed by atoms with Gasteiger partial charge in [-0.05, 0) is 44.0 Å². The van der Waals surface area contributed by atoms with Gasteiger partial charge in [-0.2, -0.15) is 0 Å². The predicted octanol–water partition coefficient (Wildman–Crippen LogP) is 4.35. The highest BCUT2D eigenvalue weighted by molar-refractivity contribution is 7.92. The molecule has 5 rings (SSSR count). The Hall–Kier alpha value is -3.67. The third kappa shape index (κ3) is 5.04. The van der Waals surface area contributed by atoms with E-state index in [4.69, 9.17) is 0 Å². The number of alkyl halides is 2. The van der Waals surface area contributed by atoms with Gasteiger partial charge in [-0.3, -0.25) is 14.1 Å². The molecule has 1 aromatic carbocycles. The summed E-state index contributed by atoms with van der Waals surface area (Å²) in [7, 11) is -0.345. The number of aryl methyl sites for hydroxylation is 1. The molecule has 1 aliphatic carbocycles. The number of imidazole rings is 1. The molecule has 1 aliphatic heterocycles. The number of hydrogen-bond acceptors (Lipinski definition) is 7. The fraction of sp³-hybridized carbons (Fsp3) is 0.385. The summed E-state index contributed by atoms with van der Waals surface area (Å²) in [5, 5.41) is 3.21. The molecule has 2 aliphatic rings. The van der Waals surface area contributed by atoms with Gasteiger partial charge in [0.15, 0.2) is 0 Å². The average Bonchev–Trinajstić information content (AvgIpc) is 3.53. The van der Waals surface area contributed by atoms with Crippen molar-refractivity contribution in [3.8, 4) is 11.4 Å². The molecular formula is C26H28F2N6O3S. The number of nitrogens with one attached hydrogen (secondary N) is 1. The number of ketones is 1. The van der Waals surface area contributed by atoms with Gasteiger partial charge >= 0.3 is 0 Å². The second-order valence-electron chi connectivity index (χ2n) is 9.82. The van der Waals surface area contributed by atoms with E-state index in [9.17, 15) is 22.0 Å². The van der Waals surface area contributed by atoms with Crippen molar-refractivity contribution < 1.29 is 22.0 Å². The summed E-state index contributed by atoms with van der Waals surface area (Å²) in [6.45, 7) is 1.92. The van der Waals surface area contributed by atoms with E-state index in [1.807, 2.05) is 18.5 Å². The first kappa shape index (κ1) is 26.0. The molecule has 1 saturated carbocycles. The highest BCUT2D eigenvalue weighted by atomic mass is 32.2. The SMILES string of the molecule is Cc1cnc(-c2ccc(Nc3cc(CC(=O)C4CC4)nc4c3N=C(C(F)F)C4)c(N(C)S(C)(=O)=O)c2)n1C. The summed E-state index contributed by atoms with van der Waals surface area (Å²) in [5.74, 6) is 0.768. The molecule has 0 atom stereocenters. The Bertz CT molecular complexity index is 1580. The molecule has 0 unspecified atom stereocenters. The summed E-state index contributed by atoms with van der Waals surface area (Å²) >= 11 is 0. The highest BCUT2D eigenvalue weighted by Gasteiger charge is 2.31. The molecule has 1 N–H and O–H groups in total. The molecule has 2 aromatic heterocycles. The van der Waals surface area contributed by atoms with E-state index < -0.39 is 16.4 Å². The standard InChI is InChI=1S/C26H28F2N6O3S/c1-14-13-29-26(33(14)2)16-7-8-18(22(9-16)34(3)38(4,36)37)31-19-10-17(11-23(35)15-5-6-15)30-20-12-21(25(27)28)32-24(19)20/h7-10,13,15,25H,5-6,11-12H2,1-4H3,(H,30,31). The first-order valence-corrected chi connectivity index (χ1v) is 14.0. The zero-order chi connectivity index (χ0) is 27.4. The topological polar surface area (TPSA) is 110 Å². The Kier molecular flexibility index (Phi) is 6.54. The van der Waals surface area contributed by atoms with E-state index >= 15 is 0 Å². The average molecular weight is 543 g/mol. The van der Waals surface area contributed by atoms with E-state index in [1.165, 1.54) is 7.05 Å². The fourth-order valence-corrected chi connectivity index (χ4v) is 4.92. The number of halogens is 2. The number of fused-ring (bicyclic) bond motifs is 1. The van der Waals surface area contributed by atoms with Crippen molar-refractivity contribution in [2.45, 2.75) is 39.0 Å². The molecule has 0 saturated heterocycles. The number of sulfonamides is 1. The van der Waals surface area contributed by atoms with Crippen LogP contribution in [0.15, 0.2) is 35.5 Å². The number of rotatable bonds is 9. The number of pyridine rings is 1. The van der Waals surface area contributed by atoms with Gasteiger partial charge in [0, 0.05) is 50.3 Å². The van der Waals surface area contributed by atoms with Gasteiger partial charge in [-0.25, -0.2) is 27.2 Å². The van der Waals surface area contributed by atoms with Crippen molar-refractivity contribution in [3.63, 3.8) is 0 Å². The van der Waals surface area contributed by atoms with Crippen molar-refractivity contribution in [1.82, 2.24) is 14.5 Å². The smallest absolute Gasteiger partial charge is 0.277 e. The summed E-state index contributed by atoms with van der Waals surface area (Å²) in [6.07, 6.45) is 1.79. The number of hydrogen-bond donors (Lipinski definition) is 1. The van der Waals surface area contributed by atoms with Crippen LogP contribution in [0.5, 0.6) is 0 Å². The predicted molar refractivity (Wildman–Crippen MR) is 142 cm³/mol. The van der Waals surface area contributed by atoms with E-state index in [1.54, 1.807) is 30.5 Å². The van der Waals surface area contributed by atoms with Gasteiger partial charge in [0.1, 0.15) is 17.3 Å². The number of aromatic nitrogens is 3. The van der Waals surface area contributed by atoms with Gasteiger partial charge in [0.25, 0.3) is 6.43 Å². The van der Waals surface area contributed by atoms with Crippen LogP contribution >= 0.6 is 0 Å². The lowest BCUT2D eigenvalue weighted by molar-refractivity contribution is -0.119. The van der Waals surface area contributed by atoms with Gasteiger partial charge in [-0.1, -0.05) is 0 Å². The van der Waals surface area contributed by atoms with Crippen molar-refractivity contribution in [3.05, 3.63) is 47.5 Å². The Labute approximate surface area is 219 Å². The maximum atomic E-state index is 13.5. The lowest BCUT2D eigenvalue weighted by Gasteiger charge is -2.23. The molecule has 9 nitrogen and oxygen atoms in total. The number of benzene rings is 1. The van der Waals surface area contributed by atoms with Crippen LogP contribution in [-0.4, -0.2) is 54.2 Å². The number of carbonyl (C=O) groups excluding carboxylic acids is 1. The van der Waals surface area contributed by atoms with E-state index in [2.05, 4.69) is 20.3 Å². The number of carbonyl (C=O) groups is 1. The minimum atomic E-state index is -3.65. The molecule has 12 heteroatoms. The number of aliphatic imine (C=N–C) groups is 1. The molecule has 3 heterocycles. The van der Waals surface area contributed by atoms with Gasteiger partial charge in [0.2, 0.25) is 10.0 Å². The third-order valence-electron chi connectivity index (χ3n) is 6.94. The van der Waals surface area contributed by atoms with Crippen molar-refractivity contribution >= 4 is 44.3 Å². The number of anilines is 3. The first-order chi connectivity index (χ1) is 17.9. The van der Waals surface area contributed by atoms with Crippen LogP contribution in [0.2, 0.25) is 0 Å². The van der Waals surface area contributed by atoms with Crippen LogP contribution in [0.3, 0.4) is 0 Å². The molecule has 0 amide bonds. The monoisotopic (exact) mass is 542 g/mol. The van der Waals surface area contributed by atoms with Crippen LogP contribution in [-0.2, 0) is 34.7 Å². The lowest BCUT2D eigenvalue weighted by atomic mass is 10.1. The molecule has 0 bridgehead atoms. The zero-order valence-corrected chi connectivity index (χ0v) is 22.3. The highest BCUT2D eigenvalue weighted by Crippen LogP contribution is 2.41. The van der Waals surface area contributed by atoms with Crippen molar-refractivity contribution in [2.75, 3.05) is 22.9 Å². The van der Waals surface area contributed by atoms with Crippen LogP contribution in [0.4, 0.5) is 31.5 Å². The number of Topliss-reactive ketones (excluding diaryl/α,β-unsaturated/α-hetero) is 1. The van der Waals surface area contributed by atoms with Crippen LogP contribution in [0.25, 0.3) is 11.4 Å². The Morgan fingerprint density at radius 3 is 2.58 bits per heavy atom. The lowest BCUT2D eigenvalue weighted by Crippen LogP contribution is -2.25. The van der Waals surface area contributed by atoms with Gasteiger partial charge in [-0.15, -0.1) is 0 Å². The first-order valence-electron chi connectivity index (χ1n) is 12.2. The van der Waals surface area contributed by atoms with E-state index in [-0.39, 0.29) is 35.9 Å². The van der Waals surface area contributed by atoms with E-state index in [0.29, 0.717) is 39.8 Å². The summed E-state index contributed by atoms with van der Waals surface area (Å²) in [5.41, 5.74) is 3.57. The van der Waals surface area contributed by atoms with Crippen molar-refractivity contribution in [2.24, 2.45) is 18.0 Å². The van der Waals surface area contributed by atoms with Gasteiger partial charge < -0.3 is 9.88 Å². The molecule has 0 spiro atoms. The normalized spacial score (nSPS) is 15.0. The zero-order valence-electron chi connectivity index (χ0n) is 21.5. The van der Waals surface area contributed by atoms with Crippen LogP contribution in [0.1, 0.15) is 29.9 Å². The molecule has 3 aromatic rings. The largest absolute Gasteiger partial charge is 0.352 e. The minimum absolute atomic E-state index is 0.0339. The molecule has 200 valence electrons. The summed E-state index contributed by atoms with van der Waals surface area (Å²) in [4.78, 5) is 25.5. The molecule has 38 heavy (non-hydrogen) atoms. The quantitative estimate of drug-likeness (QED) is 0.431. The molecular weight excluding hydrogens is 514 g/mol. The van der Waals surface area contributed by atoms with E-state index in [0.717, 1.165) is 29.1 Å². The number of nitrogens with zero attached hydrogens (tertiary/aromatic N) is 5. The molecule has 0 radical (unpaired) electrons. The Morgan fingerprint density at radius 2 is 1.97 bits per heavy atom.